The fourth-order valence-electron chi connectivity index (χ4n) is 3.02. The smallest absolute Gasteiger partial charge is 0.338 e. The van der Waals surface area contributed by atoms with Crippen molar-refractivity contribution < 1.29 is 18.0 Å². The number of aryl methyl sites for hydroxylation is 2. The maximum atomic E-state index is 12.9. The minimum atomic E-state index is -4.27. The van der Waals surface area contributed by atoms with Gasteiger partial charge in [0.2, 0.25) is 0 Å². The predicted molar refractivity (Wildman–Crippen MR) is 77.1 cm³/mol. The van der Waals surface area contributed by atoms with E-state index in [2.05, 4.69) is 10.1 Å². The number of hydrogen-bond acceptors (Lipinski definition) is 3. The maximum Gasteiger partial charge on any atom is 0.393 e. The Morgan fingerprint density at radius 1 is 1.35 bits per heavy atom. The molecule has 1 fully saturated rings. The number of piperidine rings is 1. The van der Waals surface area contributed by atoms with Crippen LogP contribution in [-0.4, -0.2) is 44.7 Å². The number of likely N-dealkylation sites (tertiary alicyclic amines) is 1. The fourth-order valence-corrected chi connectivity index (χ4v) is 3.02. The standard InChI is InChI=1S/C15H17F3N4O/c1-9-6-10(2)22-13(20-9)12(7-19-22)14(23)21-5-3-4-11(8-21)15(16,17)18/h6-7,11H,3-5,8H2,1-2H3/t11-/m0/s1. The third-order valence-electron chi connectivity index (χ3n) is 4.18. The van der Waals surface area contributed by atoms with Crippen LogP contribution >= 0.6 is 0 Å². The van der Waals surface area contributed by atoms with E-state index in [9.17, 15) is 18.0 Å². The van der Waals surface area contributed by atoms with Crippen LogP contribution in [0.3, 0.4) is 0 Å². The summed E-state index contributed by atoms with van der Waals surface area (Å²) in [4.78, 5) is 18.2. The van der Waals surface area contributed by atoms with Crippen LogP contribution in [0, 0.1) is 19.8 Å². The molecule has 0 radical (unpaired) electrons. The molecule has 1 aliphatic heterocycles. The summed E-state index contributed by atoms with van der Waals surface area (Å²) < 4.78 is 40.3. The Hall–Kier alpha value is -2.12. The maximum absolute atomic E-state index is 12.9. The highest BCUT2D eigenvalue weighted by Crippen LogP contribution is 2.33. The predicted octanol–water partition coefficient (Wildman–Crippen LogP) is 2.76. The van der Waals surface area contributed by atoms with Crippen molar-refractivity contribution in [2.75, 3.05) is 13.1 Å². The fraction of sp³-hybridized carbons (Fsp3) is 0.533. The zero-order valence-corrected chi connectivity index (χ0v) is 12.9. The first-order chi connectivity index (χ1) is 10.8. The van der Waals surface area contributed by atoms with E-state index in [4.69, 9.17) is 0 Å². The summed E-state index contributed by atoms with van der Waals surface area (Å²) in [5.74, 6) is -1.90. The van der Waals surface area contributed by atoms with E-state index in [0.717, 1.165) is 11.4 Å². The molecule has 0 unspecified atom stereocenters. The van der Waals surface area contributed by atoms with Gasteiger partial charge in [-0.1, -0.05) is 0 Å². The van der Waals surface area contributed by atoms with Gasteiger partial charge in [0.05, 0.1) is 12.1 Å². The van der Waals surface area contributed by atoms with Gasteiger partial charge in [0.1, 0.15) is 5.56 Å². The van der Waals surface area contributed by atoms with Crippen LogP contribution < -0.4 is 0 Å². The van der Waals surface area contributed by atoms with Crippen LogP contribution in [0.2, 0.25) is 0 Å². The number of aromatic nitrogens is 3. The summed E-state index contributed by atoms with van der Waals surface area (Å²) in [6.07, 6.45) is -2.47. The van der Waals surface area contributed by atoms with E-state index < -0.39 is 18.0 Å². The van der Waals surface area contributed by atoms with Gasteiger partial charge in [-0.05, 0) is 32.8 Å². The second-order valence-electron chi connectivity index (χ2n) is 5.96. The van der Waals surface area contributed by atoms with Crippen molar-refractivity contribution in [3.8, 4) is 0 Å². The third-order valence-corrected chi connectivity index (χ3v) is 4.18. The molecular formula is C15H17F3N4O. The largest absolute Gasteiger partial charge is 0.393 e. The lowest BCUT2D eigenvalue weighted by Crippen LogP contribution is -2.44. The van der Waals surface area contributed by atoms with E-state index in [0.29, 0.717) is 18.6 Å². The number of rotatable bonds is 1. The monoisotopic (exact) mass is 326 g/mol. The zero-order valence-electron chi connectivity index (χ0n) is 12.9. The molecule has 1 amide bonds. The van der Waals surface area contributed by atoms with Crippen molar-refractivity contribution in [3.05, 3.63) is 29.2 Å². The lowest BCUT2D eigenvalue weighted by atomic mass is 9.97. The van der Waals surface area contributed by atoms with Gasteiger partial charge in [-0.15, -0.1) is 0 Å². The molecule has 0 bridgehead atoms. The van der Waals surface area contributed by atoms with E-state index in [-0.39, 0.29) is 18.5 Å². The summed E-state index contributed by atoms with van der Waals surface area (Å²) in [5.41, 5.74) is 2.19. The van der Waals surface area contributed by atoms with Gasteiger partial charge in [-0.25, -0.2) is 9.50 Å². The van der Waals surface area contributed by atoms with Crippen molar-refractivity contribution >= 4 is 11.6 Å². The highest BCUT2D eigenvalue weighted by Gasteiger charge is 2.43. The minimum absolute atomic E-state index is 0.0680. The number of carbonyl (C=O) groups excluding carboxylic acids is 1. The van der Waals surface area contributed by atoms with Gasteiger partial charge < -0.3 is 4.90 Å². The molecule has 0 aromatic carbocycles. The van der Waals surface area contributed by atoms with Crippen molar-refractivity contribution in [3.63, 3.8) is 0 Å². The van der Waals surface area contributed by atoms with Gasteiger partial charge in [-0.3, -0.25) is 4.79 Å². The topological polar surface area (TPSA) is 50.5 Å². The number of fused-ring (bicyclic) bond motifs is 1. The highest BCUT2D eigenvalue weighted by molar-refractivity contribution is 5.99. The lowest BCUT2D eigenvalue weighted by Gasteiger charge is -2.33. The van der Waals surface area contributed by atoms with Crippen molar-refractivity contribution in [2.24, 2.45) is 5.92 Å². The normalized spacial score (nSPS) is 19.3. The van der Waals surface area contributed by atoms with Gasteiger partial charge >= 0.3 is 6.18 Å². The molecule has 2 aromatic heterocycles. The number of carbonyl (C=O) groups is 1. The number of halogens is 3. The summed E-state index contributed by atoms with van der Waals surface area (Å²) in [7, 11) is 0. The van der Waals surface area contributed by atoms with Crippen LogP contribution in [0.1, 0.15) is 34.6 Å². The summed E-state index contributed by atoms with van der Waals surface area (Å²) in [6.45, 7) is 3.66. The van der Waals surface area contributed by atoms with Gasteiger partial charge in [-0.2, -0.15) is 18.3 Å². The quantitative estimate of drug-likeness (QED) is 0.810. The Morgan fingerprint density at radius 3 is 2.78 bits per heavy atom. The minimum Gasteiger partial charge on any atom is -0.338 e. The van der Waals surface area contributed by atoms with E-state index in [1.165, 1.54) is 15.6 Å². The SMILES string of the molecule is Cc1cc(C)n2ncc(C(=O)N3CCC[C@H](C(F)(F)F)C3)c2n1. The molecular weight excluding hydrogens is 309 g/mol. The van der Waals surface area contributed by atoms with Crippen LogP contribution in [0.25, 0.3) is 5.65 Å². The molecule has 124 valence electrons. The number of amides is 1. The molecule has 0 N–H and O–H groups in total. The molecule has 1 atom stereocenters. The molecule has 2 aromatic rings. The second-order valence-corrected chi connectivity index (χ2v) is 5.96. The van der Waals surface area contributed by atoms with Gasteiger partial charge in [0.15, 0.2) is 5.65 Å². The molecule has 23 heavy (non-hydrogen) atoms. The third kappa shape index (κ3) is 2.89. The Kier molecular flexibility index (Phi) is 3.77. The first-order valence-electron chi connectivity index (χ1n) is 7.45. The van der Waals surface area contributed by atoms with E-state index >= 15 is 0 Å². The average Bonchev–Trinajstić information content (AvgIpc) is 2.89. The first kappa shape index (κ1) is 15.8. The molecule has 3 heterocycles. The van der Waals surface area contributed by atoms with E-state index in [1.807, 2.05) is 13.0 Å². The Labute approximate surface area is 131 Å². The van der Waals surface area contributed by atoms with Crippen LogP contribution in [0.5, 0.6) is 0 Å². The molecule has 0 saturated carbocycles. The molecule has 8 heteroatoms. The number of alkyl halides is 3. The average molecular weight is 326 g/mol. The zero-order chi connectivity index (χ0) is 16.8. The molecule has 5 nitrogen and oxygen atoms in total. The molecule has 1 aliphatic rings. The van der Waals surface area contributed by atoms with Crippen molar-refractivity contribution in [1.82, 2.24) is 19.5 Å². The van der Waals surface area contributed by atoms with Crippen LogP contribution in [0.15, 0.2) is 12.3 Å². The van der Waals surface area contributed by atoms with Gasteiger partial charge in [0, 0.05) is 24.5 Å². The molecule has 1 saturated heterocycles. The summed E-state index contributed by atoms with van der Waals surface area (Å²) in [5, 5.41) is 4.13. The van der Waals surface area contributed by atoms with Crippen LogP contribution in [0.4, 0.5) is 13.2 Å². The number of nitrogens with zero attached hydrogens (tertiary/aromatic N) is 4. The summed E-state index contributed by atoms with van der Waals surface area (Å²) in [6, 6.07) is 1.83. The Morgan fingerprint density at radius 2 is 2.09 bits per heavy atom. The Balaban J connectivity index is 1.92. The van der Waals surface area contributed by atoms with E-state index in [1.54, 1.807) is 6.92 Å². The van der Waals surface area contributed by atoms with Crippen molar-refractivity contribution in [2.45, 2.75) is 32.9 Å². The van der Waals surface area contributed by atoms with Crippen molar-refractivity contribution in [1.29, 1.82) is 0 Å². The molecule has 0 aliphatic carbocycles. The summed E-state index contributed by atoms with van der Waals surface area (Å²) >= 11 is 0. The first-order valence-corrected chi connectivity index (χ1v) is 7.45. The highest BCUT2D eigenvalue weighted by atomic mass is 19.4. The van der Waals surface area contributed by atoms with Gasteiger partial charge in [0.25, 0.3) is 5.91 Å². The molecule has 3 rings (SSSR count). The Bertz CT molecular complexity index is 753. The number of hydrogen-bond donors (Lipinski definition) is 0. The lowest BCUT2D eigenvalue weighted by molar-refractivity contribution is -0.184. The molecule has 0 spiro atoms. The van der Waals surface area contributed by atoms with Crippen LogP contribution in [-0.2, 0) is 0 Å². The second kappa shape index (κ2) is 5.50.